The molecule has 17 heavy (non-hydrogen) atoms. The molecule has 5 heteroatoms. The lowest BCUT2D eigenvalue weighted by Gasteiger charge is -2.25. The molecule has 1 unspecified atom stereocenters. The number of hydrogen-bond donors (Lipinski definition) is 2. The number of carbonyl (C=O) groups excluding carboxylic acids is 1. The minimum Gasteiger partial charge on any atom is -0.391 e. The van der Waals surface area contributed by atoms with E-state index in [0.717, 1.165) is 0 Å². The standard InChI is InChI=1S/C12H16N2O2S/c1-12(2,3)9(15)7-14-11(16)10-8(6-13)4-5-17-10/h4-5,9,15H,7H2,1-3H3,(H,14,16). The Labute approximate surface area is 105 Å². The van der Waals surface area contributed by atoms with Gasteiger partial charge in [-0.3, -0.25) is 4.79 Å². The van der Waals surface area contributed by atoms with E-state index in [1.54, 1.807) is 11.4 Å². The van der Waals surface area contributed by atoms with Gasteiger partial charge in [0.05, 0.1) is 11.7 Å². The quantitative estimate of drug-likeness (QED) is 0.860. The molecule has 0 saturated heterocycles. The van der Waals surface area contributed by atoms with Gasteiger partial charge < -0.3 is 10.4 Å². The summed E-state index contributed by atoms with van der Waals surface area (Å²) in [5.41, 5.74) is 0.0959. The molecule has 1 amide bonds. The van der Waals surface area contributed by atoms with Crippen LogP contribution in [0.15, 0.2) is 11.4 Å². The summed E-state index contributed by atoms with van der Waals surface area (Å²) in [6.07, 6.45) is -0.614. The summed E-state index contributed by atoms with van der Waals surface area (Å²) in [6, 6.07) is 3.57. The van der Waals surface area contributed by atoms with Crippen molar-refractivity contribution in [1.82, 2.24) is 5.32 Å². The van der Waals surface area contributed by atoms with Crippen molar-refractivity contribution in [2.45, 2.75) is 26.9 Å². The second-order valence-electron chi connectivity index (χ2n) is 4.87. The van der Waals surface area contributed by atoms with E-state index in [1.165, 1.54) is 11.3 Å². The third kappa shape index (κ3) is 3.55. The van der Waals surface area contributed by atoms with Crippen LogP contribution in [0.1, 0.15) is 36.0 Å². The van der Waals surface area contributed by atoms with Gasteiger partial charge in [-0.25, -0.2) is 0 Å². The van der Waals surface area contributed by atoms with Crippen LogP contribution in [0.25, 0.3) is 0 Å². The van der Waals surface area contributed by atoms with Crippen LogP contribution < -0.4 is 5.32 Å². The van der Waals surface area contributed by atoms with Crippen LogP contribution in [-0.4, -0.2) is 23.7 Å². The summed E-state index contributed by atoms with van der Waals surface area (Å²) < 4.78 is 0. The highest BCUT2D eigenvalue weighted by atomic mass is 32.1. The molecular formula is C12H16N2O2S. The maximum Gasteiger partial charge on any atom is 0.262 e. The molecule has 1 atom stereocenters. The zero-order valence-electron chi connectivity index (χ0n) is 10.2. The van der Waals surface area contributed by atoms with Crippen molar-refractivity contribution in [1.29, 1.82) is 5.26 Å². The van der Waals surface area contributed by atoms with Crippen molar-refractivity contribution in [3.63, 3.8) is 0 Å². The highest BCUT2D eigenvalue weighted by Gasteiger charge is 2.23. The van der Waals surface area contributed by atoms with E-state index in [2.05, 4.69) is 5.32 Å². The Hall–Kier alpha value is -1.38. The summed E-state index contributed by atoms with van der Waals surface area (Å²) in [5, 5.41) is 22.9. The fraction of sp³-hybridized carbons (Fsp3) is 0.500. The molecule has 0 fully saturated rings. The van der Waals surface area contributed by atoms with E-state index >= 15 is 0 Å². The van der Waals surface area contributed by atoms with E-state index in [9.17, 15) is 9.90 Å². The van der Waals surface area contributed by atoms with Gasteiger partial charge in [0.1, 0.15) is 10.9 Å². The molecule has 4 nitrogen and oxygen atoms in total. The first-order valence-electron chi connectivity index (χ1n) is 5.30. The third-order valence-electron chi connectivity index (χ3n) is 2.45. The lowest BCUT2D eigenvalue weighted by molar-refractivity contribution is 0.0588. The van der Waals surface area contributed by atoms with Crippen LogP contribution >= 0.6 is 11.3 Å². The molecular weight excluding hydrogens is 236 g/mol. The average molecular weight is 252 g/mol. The maximum absolute atomic E-state index is 11.8. The Morgan fingerprint density at radius 2 is 2.29 bits per heavy atom. The molecule has 0 radical (unpaired) electrons. The molecule has 0 aliphatic rings. The summed E-state index contributed by atoms with van der Waals surface area (Å²) in [7, 11) is 0. The second-order valence-corrected chi connectivity index (χ2v) is 5.78. The van der Waals surface area contributed by atoms with Crippen molar-refractivity contribution < 1.29 is 9.90 Å². The highest BCUT2D eigenvalue weighted by Crippen LogP contribution is 2.19. The minimum absolute atomic E-state index is 0.186. The van der Waals surface area contributed by atoms with Gasteiger partial charge in [0.25, 0.3) is 5.91 Å². The van der Waals surface area contributed by atoms with Crippen LogP contribution in [0.5, 0.6) is 0 Å². The number of nitriles is 1. The molecule has 0 aliphatic carbocycles. The number of carbonyl (C=O) groups is 1. The monoisotopic (exact) mass is 252 g/mol. The number of nitrogens with zero attached hydrogens (tertiary/aromatic N) is 1. The number of hydrogen-bond acceptors (Lipinski definition) is 4. The van der Waals surface area contributed by atoms with Gasteiger partial charge in [-0.2, -0.15) is 5.26 Å². The largest absolute Gasteiger partial charge is 0.391 e. The van der Waals surface area contributed by atoms with E-state index in [1.807, 2.05) is 26.8 Å². The molecule has 1 heterocycles. The first-order valence-corrected chi connectivity index (χ1v) is 6.18. The normalized spacial score (nSPS) is 12.9. The number of thiophene rings is 1. The first kappa shape index (κ1) is 13.7. The van der Waals surface area contributed by atoms with Gasteiger partial charge >= 0.3 is 0 Å². The van der Waals surface area contributed by atoms with E-state index < -0.39 is 6.10 Å². The van der Waals surface area contributed by atoms with Crippen molar-refractivity contribution >= 4 is 17.2 Å². The van der Waals surface area contributed by atoms with Crippen molar-refractivity contribution in [2.75, 3.05) is 6.54 Å². The van der Waals surface area contributed by atoms with Crippen molar-refractivity contribution in [3.05, 3.63) is 21.9 Å². The molecule has 0 aliphatic heterocycles. The molecule has 92 valence electrons. The topological polar surface area (TPSA) is 73.1 Å². The Kier molecular flexibility index (Phi) is 4.27. The predicted molar refractivity (Wildman–Crippen MR) is 66.8 cm³/mol. The van der Waals surface area contributed by atoms with E-state index in [4.69, 9.17) is 5.26 Å². The molecule has 1 aromatic rings. The van der Waals surface area contributed by atoms with Gasteiger partial charge in [-0.05, 0) is 16.9 Å². The van der Waals surface area contributed by atoms with E-state index in [0.29, 0.717) is 10.4 Å². The Morgan fingerprint density at radius 3 is 2.82 bits per heavy atom. The molecule has 1 aromatic heterocycles. The fourth-order valence-corrected chi connectivity index (χ4v) is 1.91. The second kappa shape index (κ2) is 5.30. The number of aliphatic hydroxyl groups excluding tert-OH is 1. The molecule has 1 rings (SSSR count). The predicted octanol–water partition coefficient (Wildman–Crippen LogP) is 1.76. The van der Waals surface area contributed by atoms with Gasteiger partial charge in [-0.1, -0.05) is 20.8 Å². The van der Waals surface area contributed by atoms with Crippen LogP contribution in [-0.2, 0) is 0 Å². The summed E-state index contributed by atoms with van der Waals surface area (Å²) in [5.74, 6) is -0.306. The number of nitrogens with one attached hydrogen (secondary N) is 1. The maximum atomic E-state index is 11.8. The van der Waals surface area contributed by atoms with Gasteiger partial charge in [0, 0.05) is 6.54 Å². The van der Waals surface area contributed by atoms with Crippen LogP contribution in [0, 0.1) is 16.7 Å². The summed E-state index contributed by atoms with van der Waals surface area (Å²) in [4.78, 5) is 12.2. The fourth-order valence-electron chi connectivity index (χ4n) is 1.15. The highest BCUT2D eigenvalue weighted by molar-refractivity contribution is 7.12. The van der Waals surface area contributed by atoms with Crippen molar-refractivity contribution in [3.8, 4) is 6.07 Å². The average Bonchev–Trinajstić information content (AvgIpc) is 2.71. The lowest BCUT2D eigenvalue weighted by atomic mass is 9.89. The van der Waals surface area contributed by atoms with Crippen LogP contribution in [0.4, 0.5) is 0 Å². The molecule has 0 saturated carbocycles. The van der Waals surface area contributed by atoms with Gasteiger partial charge in [0.15, 0.2) is 0 Å². The smallest absolute Gasteiger partial charge is 0.262 e. The number of rotatable bonds is 3. The third-order valence-corrected chi connectivity index (χ3v) is 3.36. The first-order chi connectivity index (χ1) is 7.86. The van der Waals surface area contributed by atoms with Gasteiger partial charge in [-0.15, -0.1) is 11.3 Å². The Morgan fingerprint density at radius 1 is 1.65 bits per heavy atom. The summed E-state index contributed by atoms with van der Waals surface area (Å²) in [6.45, 7) is 5.88. The lowest BCUT2D eigenvalue weighted by Crippen LogP contribution is -2.39. The number of amides is 1. The molecule has 0 aromatic carbocycles. The Bertz CT molecular complexity index is 440. The molecule has 0 bridgehead atoms. The minimum atomic E-state index is -0.614. The number of aliphatic hydroxyl groups is 1. The van der Waals surface area contributed by atoms with Crippen LogP contribution in [0.2, 0.25) is 0 Å². The van der Waals surface area contributed by atoms with E-state index in [-0.39, 0.29) is 17.9 Å². The Balaban J connectivity index is 2.60. The zero-order valence-corrected chi connectivity index (χ0v) is 11.0. The van der Waals surface area contributed by atoms with Crippen LogP contribution in [0.3, 0.4) is 0 Å². The molecule has 0 spiro atoms. The zero-order chi connectivity index (χ0) is 13.1. The van der Waals surface area contributed by atoms with Gasteiger partial charge in [0.2, 0.25) is 0 Å². The SMILES string of the molecule is CC(C)(C)C(O)CNC(=O)c1sccc1C#N. The summed E-state index contributed by atoms with van der Waals surface area (Å²) >= 11 is 1.23. The molecule has 2 N–H and O–H groups in total. The van der Waals surface area contributed by atoms with Crippen molar-refractivity contribution in [2.24, 2.45) is 5.41 Å².